The maximum atomic E-state index is 12.1. The van der Waals surface area contributed by atoms with Crippen LogP contribution in [0.3, 0.4) is 0 Å². The fourth-order valence-corrected chi connectivity index (χ4v) is 4.35. The van der Waals surface area contributed by atoms with Gasteiger partial charge in [-0.1, -0.05) is 49.1 Å². The second kappa shape index (κ2) is 5.24. The quantitative estimate of drug-likeness (QED) is 0.537. The van der Waals surface area contributed by atoms with Gasteiger partial charge >= 0.3 is 5.97 Å². The highest BCUT2D eigenvalue weighted by Gasteiger charge is 2.60. The minimum Gasteiger partial charge on any atom is -0.313 e. The Labute approximate surface area is 140 Å². The Balaban J connectivity index is 1.79. The molecule has 2 atom stereocenters. The van der Waals surface area contributed by atoms with Crippen LogP contribution in [0.25, 0.3) is 0 Å². The summed E-state index contributed by atoms with van der Waals surface area (Å²) in [6.45, 7) is 6.79. The van der Waals surface area contributed by atoms with Crippen LogP contribution < -0.4 is 0 Å². The second-order valence-electron chi connectivity index (χ2n) is 7.03. The van der Waals surface area contributed by atoms with E-state index in [1.807, 2.05) is 0 Å². The Morgan fingerprint density at radius 1 is 1.32 bits per heavy atom. The fourth-order valence-electron chi connectivity index (χ4n) is 3.87. The fraction of sp³-hybridized carbons (Fsp3) is 0.529. The van der Waals surface area contributed by atoms with E-state index in [0.29, 0.717) is 10.9 Å². The largest absolute Gasteiger partial charge is 0.367 e. The Morgan fingerprint density at radius 2 is 2.05 bits per heavy atom. The molecule has 0 heterocycles. The van der Waals surface area contributed by atoms with Gasteiger partial charge in [0.15, 0.2) is 0 Å². The summed E-state index contributed by atoms with van der Waals surface area (Å²) >= 11 is 11.9. The SMILES string of the molecule is CC1(C)[C@H]2CC[C@]1(C)/C(=N/OC(=O)c1ccc(Cl)cc1Cl)C2. The van der Waals surface area contributed by atoms with Crippen LogP contribution in [-0.4, -0.2) is 11.7 Å². The number of fused-ring (bicyclic) bond motifs is 2. The highest BCUT2D eigenvalue weighted by Crippen LogP contribution is 2.64. The molecule has 3 nitrogen and oxygen atoms in total. The maximum absolute atomic E-state index is 12.1. The number of oxime groups is 1. The lowest BCUT2D eigenvalue weighted by molar-refractivity contribution is 0.0508. The summed E-state index contributed by atoms with van der Waals surface area (Å²) in [6, 6.07) is 4.69. The van der Waals surface area contributed by atoms with Gasteiger partial charge in [0.05, 0.1) is 16.3 Å². The molecule has 118 valence electrons. The van der Waals surface area contributed by atoms with Gasteiger partial charge in [-0.3, -0.25) is 0 Å². The number of hydrogen-bond acceptors (Lipinski definition) is 3. The molecule has 2 bridgehead atoms. The maximum Gasteiger partial charge on any atom is 0.367 e. The molecule has 2 saturated carbocycles. The van der Waals surface area contributed by atoms with Crippen molar-refractivity contribution in [1.82, 2.24) is 0 Å². The minimum absolute atomic E-state index is 0.0156. The third-order valence-electron chi connectivity index (χ3n) is 5.90. The molecule has 0 aliphatic heterocycles. The van der Waals surface area contributed by atoms with Crippen molar-refractivity contribution in [2.75, 3.05) is 0 Å². The van der Waals surface area contributed by atoms with Gasteiger partial charge in [-0.25, -0.2) is 4.79 Å². The molecular formula is C17H19Cl2NO2. The molecule has 0 unspecified atom stereocenters. The minimum atomic E-state index is -0.543. The normalized spacial score (nSPS) is 30.8. The summed E-state index contributed by atoms with van der Waals surface area (Å²) in [4.78, 5) is 17.3. The van der Waals surface area contributed by atoms with E-state index in [1.165, 1.54) is 12.5 Å². The molecule has 2 aliphatic rings. The number of carbonyl (C=O) groups is 1. The smallest absolute Gasteiger partial charge is 0.313 e. The number of carbonyl (C=O) groups excluding carboxylic acids is 1. The van der Waals surface area contributed by atoms with Crippen molar-refractivity contribution in [2.24, 2.45) is 21.9 Å². The van der Waals surface area contributed by atoms with E-state index in [2.05, 4.69) is 25.9 Å². The number of nitrogens with zero attached hydrogens (tertiary/aromatic N) is 1. The van der Waals surface area contributed by atoms with Crippen molar-refractivity contribution in [2.45, 2.75) is 40.0 Å². The van der Waals surface area contributed by atoms with Crippen LogP contribution in [0.4, 0.5) is 0 Å². The molecule has 0 saturated heterocycles. The Hall–Kier alpha value is -1.06. The lowest BCUT2D eigenvalue weighted by Crippen LogP contribution is -2.32. The topological polar surface area (TPSA) is 38.7 Å². The summed E-state index contributed by atoms with van der Waals surface area (Å²) in [5.41, 5.74) is 1.49. The summed E-state index contributed by atoms with van der Waals surface area (Å²) in [5.74, 6) is 0.0763. The predicted molar refractivity (Wildman–Crippen MR) is 88.5 cm³/mol. The monoisotopic (exact) mass is 339 g/mol. The van der Waals surface area contributed by atoms with E-state index in [-0.39, 0.29) is 21.4 Å². The first-order valence-electron chi connectivity index (χ1n) is 7.49. The Kier molecular flexibility index (Phi) is 3.77. The van der Waals surface area contributed by atoms with E-state index in [4.69, 9.17) is 28.0 Å². The van der Waals surface area contributed by atoms with E-state index >= 15 is 0 Å². The molecular weight excluding hydrogens is 321 g/mol. The van der Waals surface area contributed by atoms with Crippen LogP contribution in [0.15, 0.2) is 23.4 Å². The summed E-state index contributed by atoms with van der Waals surface area (Å²) in [7, 11) is 0. The highest BCUT2D eigenvalue weighted by atomic mass is 35.5. The first-order valence-corrected chi connectivity index (χ1v) is 8.25. The number of halogens is 2. The van der Waals surface area contributed by atoms with E-state index < -0.39 is 5.97 Å². The molecule has 0 amide bonds. The lowest BCUT2D eigenvalue weighted by Gasteiger charge is -2.34. The van der Waals surface area contributed by atoms with Crippen LogP contribution in [0.1, 0.15) is 50.4 Å². The summed E-state index contributed by atoms with van der Waals surface area (Å²) in [6.07, 6.45) is 3.23. The number of hydrogen-bond donors (Lipinski definition) is 0. The van der Waals surface area contributed by atoms with Crippen LogP contribution in [0, 0.1) is 16.7 Å². The Morgan fingerprint density at radius 3 is 2.59 bits per heavy atom. The van der Waals surface area contributed by atoms with Crippen molar-refractivity contribution in [1.29, 1.82) is 0 Å². The molecule has 1 aromatic carbocycles. The first kappa shape index (κ1) is 15.8. The predicted octanol–water partition coefficient (Wildman–Crippen LogP) is 5.35. The zero-order valence-corrected chi connectivity index (χ0v) is 14.5. The average Bonchev–Trinajstić information content (AvgIpc) is 2.77. The molecule has 0 N–H and O–H groups in total. The Bertz CT molecular complexity index is 669. The number of benzene rings is 1. The van der Waals surface area contributed by atoms with Gasteiger partial charge in [0.2, 0.25) is 0 Å². The van der Waals surface area contributed by atoms with Crippen LogP contribution in [-0.2, 0) is 4.84 Å². The van der Waals surface area contributed by atoms with Crippen molar-refractivity contribution < 1.29 is 9.63 Å². The van der Waals surface area contributed by atoms with Gasteiger partial charge in [-0.05, 0) is 48.8 Å². The molecule has 3 rings (SSSR count). The lowest BCUT2D eigenvalue weighted by atomic mass is 9.70. The molecule has 5 heteroatoms. The number of rotatable bonds is 2. The van der Waals surface area contributed by atoms with Crippen LogP contribution in [0.5, 0.6) is 0 Å². The van der Waals surface area contributed by atoms with Gasteiger partial charge in [-0.2, -0.15) is 0 Å². The van der Waals surface area contributed by atoms with Crippen LogP contribution >= 0.6 is 23.2 Å². The van der Waals surface area contributed by atoms with Crippen molar-refractivity contribution in [3.63, 3.8) is 0 Å². The van der Waals surface area contributed by atoms with Gasteiger partial charge in [-0.15, -0.1) is 0 Å². The summed E-state index contributed by atoms with van der Waals surface area (Å²) < 4.78 is 0. The molecule has 2 fully saturated rings. The zero-order chi connectivity index (χ0) is 16.1. The molecule has 1 aromatic rings. The molecule has 0 spiro atoms. The average molecular weight is 340 g/mol. The van der Waals surface area contributed by atoms with Gasteiger partial charge in [0.25, 0.3) is 0 Å². The van der Waals surface area contributed by atoms with Gasteiger partial charge in [0, 0.05) is 10.4 Å². The van der Waals surface area contributed by atoms with Gasteiger partial charge < -0.3 is 4.84 Å². The van der Waals surface area contributed by atoms with Gasteiger partial charge in [0.1, 0.15) is 0 Å². The van der Waals surface area contributed by atoms with Crippen molar-refractivity contribution in [3.8, 4) is 0 Å². The zero-order valence-electron chi connectivity index (χ0n) is 13.0. The first-order chi connectivity index (χ1) is 10.3. The third kappa shape index (κ3) is 2.26. The molecule has 22 heavy (non-hydrogen) atoms. The molecule has 2 aliphatic carbocycles. The molecule has 0 aromatic heterocycles. The van der Waals surface area contributed by atoms with Crippen LogP contribution in [0.2, 0.25) is 10.0 Å². The van der Waals surface area contributed by atoms with E-state index in [9.17, 15) is 4.79 Å². The van der Waals surface area contributed by atoms with E-state index in [0.717, 1.165) is 18.6 Å². The standard InChI is InChI=1S/C17H19Cl2NO2/c1-16(2)10-6-7-17(16,3)14(8-10)20-22-15(21)12-5-4-11(18)9-13(12)19/h4-5,9-10H,6-8H2,1-3H3/b20-14+/t10-,17+/m0/s1. The van der Waals surface area contributed by atoms with Crippen molar-refractivity contribution in [3.05, 3.63) is 33.8 Å². The summed E-state index contributed by atoms with van der Waals surface area (Å²) in [5, 5.41) is 4.95. The van der Waals surface area contributed by atoms with Crippen molar-refractivity contribution >= 4 is 34.9 Å². The second-order valence-corrected chi connectivity index (χ2v) is 7.88. The third-order valence-corrected chi connectivity index (χ3v) is 6.45. The molecule has 0 radical (unpaired) electrons. The highest BCUT2D eigenvalue weighted by molar-refractivity contribution is 6.36. The van der Waals surface area contributed by atoms with E-state index in [1.54, 1.807) is 12.1 Å².